The largest absolute Gasteiger partial charge is 0.508 e. The Balaban J connectivity index is 2.22. The van der Waals surface area contributed by atoms with Gasteiger partial charge in [-0.05, 0) is 43.0 Å². The molecule has 1 aromatic carbocycles. The molecule has 13 nitrogen and oxygen atoms in total. The standard InChI is InChI=1S/C24H34N6O7S/c1-13(31)20(30-21(33)17(25)7-8-38-2)23(35)28-18(9-14-3-5-16(32)6-4-14)22(34)29-19(24(36)37)10-15-11-26-12-27-15/h3-6,11-13,17-20,31-32H,7-10,25H2,1-2H3,(H,26,27)(H,28,35)(H,29,34)(H,30,33)(H,36,37). The fraction of sp³-hybridized carbons (Fsp3) is 0.458. The second kappa shape index (κ2) is 15.0. The number of nitrogens with one attached hydrogen (secondary N) is 4. The number of rotatable bonds is 15. The SMILES string of the molecule is CSCCC(N)C(=O)NC(C(=O)NC(Cc1ccc(O)cc1)C(=O)NC(Cc1cnc[nH]1)C(=O)O)C(C)O. The number of nitrogens with two attached hydrogens (primary N) is 1. The molecule has 1 aromatic heterocycles. The number of imidazole rings is 1. The Bertz CT molecular complexity index is 1060. The number of aromatic hydroxyl groups is 1. The lowest BCUT2D eigenvalue weighted by atomic mass is 10.0. The number of aromatic nitrogens is 2. The van der Waals surface area contributed by atoms with Gasteiger partial charge in [0.15, 0.2) is 0 Å². The minimum atomic E-state index is -1.42. The molecule has 0 bridgehead atoms. The van der Waals surface area contributed by atoms with Crippen LogP contribution in [0.25, 0.3) is 0 Å². The molecule has 2 aromatic rings. The zero-order valence-electron chi connectivity index (χ0n) is 21.1. The summed E-state index contributed by atoms with van der Waals surface area (Å²) < 4.78 is 0. The van der Waals surface area contributed by atoms with Crippen molar-refractivity contribution in [1.82, 2.24) is 25.9 Å². The molecular weight excluding hydrogens is 516 g/mol. The number of nitrogens with zero attached hydrogens (tertiary/aromatic N) is 1. The lowest BCUT2D eigenvalue weighted by molar-refractivity contribution is -0.142. The molecule has 0 saturated heterocycles. The van der Waals surface area contributed by atoms with Crippen LogP contribution in [-0.2, 0) is 32.0 Å². The number of carbonyl (C=O) groups excluding carboxylic acids is 3. The van der Waals surface area contributed by atoms with Crippen molar-refractivity contribution in [2.45, 2.75) is 56.5 Å². The van der Waals surface area contributed by atoms with Gasteiger partial charge in [-0.15, -0.1) is 0 Å². The molecule has 14 heteroatoms. The van der Waals surface area contributed by atoms with Crippen molar-refractivity contribution in [3.8, 4) is 5.75 Å². The van der Waals surface area contributed by atoms with Crippen molar-refractivity contribution in [1.29, 1.82) is 0 Å². The van der Waals surface area contributed by atoms with Crippen LogP contribution < -0.4 is 21.7 Å². The maximum absolute atomic E-state index is 13.2. The quantitative estimate of drug-likeness (QED) is 0.134. The van der Waals surface area contributed by atoms with Crippen molar-refractivity contribution >= 4 is 35.5 Å². The van der Waals surface area contributed by atoms with Crippen LogP contribution in [0, 0.1) is 0 Å². The first-order valence-electron chi connectivity index (χ1n) is 11.8. The van der Waals surface area contributed by atoms with Gasteiger partial charge < -0.3 is 42.0 Å². The fourth-order valence-corrected chi connectivity index (χ4v) is 3.96. The summed E-state index contributed by atoms with van der Waals surface area (Å²) in [7, 11) is 0. The highest BCUT2D eigenvalue weighted by atomic mass is 32.2. The van der Waals surface area contributed by atoms with E-state index in [9.17, 15) is 34.5 Å². The zero-order valence-corrected chi connectivity index (χ0v) is 21.9. The Morgan fingerprint density at radius 1 is 1.03 bits per heavy atom. The topological polar surface area (TPSA) is 220 Å². The highest BCUT2D eigenvalue weighted by Gasteiger charge is 2.32. The molecule has 9 N–H and O–H groups in total. The van der Waals surface area contributed by atoms with Crippen LogP contribution in [0.4, 0.5) is 0 Å². The number of H-pyrrole nitrogens is 1. The molecule has 0 fully saturated rings. The fourth-order valence-electron chi connectivity index (χ4n) is 3.47. The van der Waals surface area contributed by atoms with Gasteiger partial charge >= 0.3 is 5.97 Å². The molecule has 0 aliphatic heterocycles. The number of phenolic OH excluding ortho intramolecular Hbond substituents is 1. The Kier molecular flexibility index (Phi) is 12.0. The second-order valence-corrected chi connectivity index (χ2v) is 9.71. The van der Waals surface area contributed by atoms with E-state index >= 15 is 0 Å². The number of aromatic amines is 1. The van der Waals surface area contributed by atoms with Gasteiger partial charge in [-0.25, -0.2) is 9.78 Å². The third kappa shape index (κ3) is 9.68. The second-order valence-electron chi connectivity index (χ2n) is 8.73. The van der Waals surface area contributed by atoms with Crippen LogP contribution in [0.15, 0.2) is 36.8 Å². The van der Waals surface area contributed by atoms with Gasteiger partial charge in [0.25, 0.3) is 0 Å². The van der Waals surface area contributed by atoms with Crippen LogP contribution in [0.5, 0.6) is 5.75 Å². The van der Waals surface area contributed by atoms with Crippen molar-refractivity contribution in [2.24, 2.45) is 5.73 Å². The van der Waals surface area contributed by atoms with Crippen LogP contribution in [0.1, 0.15) is 24.6 Å². The number of carbonyl (C=O) groups is 4. The van der Waals surface area contributed by atoms with Gasteiger partial charge in [0.1, 0.15) is 23.9 Å². The Labute approximate surface area is 224 Å². The highest BCUT2D eigenvalue weighted by Crippen LogP contribution is 2.12. The monoisotopic (exact) mass is 550 g/mol. The number of carboxylic acid groups (broad SMARTS) is 1. The number of benzene rings is 1. The minimum absolute atomic E-state index is 0.000945. The number of carboxylic acids is 1. The molecule has 208 valence electrons. The third-order valence-corrected chi connectivity index (χ3v) is 6.28. The number of aliphatic hydroxyl groups is 1. The third-order valence-electron chi connectivity index (χ3n) is 5.64. The lowest BCUT2D eigenvalue weighted by Crippen LogP contribution is -2.60. The molecule has 0 spiro atoms. The highest BCUT2D eigenvalue weighted by molar-refractivity contribution is 7.98. The molecule has 0 saturated carbocycles. The van der Waals surface area contributed by atoms with Crippen molar-refractivity contribution in [2.75, 3.05) is 12.0 Å². The van der Waals surface area contributed by atoms with Crippen LogP contribution >= 0.6 is 11.8 Å². The van der Waals surface area contributed by atoms with E-state index in [-0.39, 0.29) is 18.6 Å². The van der Waals surface area contributed by atoms with Crippen molar-refractivity contribution in [3.05, 3.63) is 48.0 Å². The van der Waals surface area contributed by atoms with E-state index in [0.29, 0.717) is 23.4 Å². The Hall–Kier alpha value is -3.62. The average Bonchev–Trinajstić information content (AvgIpc) is 3.38. The predicted molar refractivity (Wildman–Crippen MR) is 140 cm³/mol. The number of aliphatic hydroxyl groups excluding tert-OH is 1. The van der Waals surface area contributed by atoms with E-state index in [4.69, 9.17) is 5.73 Å². The normalized spacial score (nSPS) is 14.9. The molecule has 1 heterocycles. The molecular formula is C24H34N6O7S. The zero-order chi connectivity index (χ0) is 28.2. The Morgan fingerprint density at radius 3 is 2.24 bits per heavy atom. The summed E-state index contributed by atoms with van der Waals surface area (Å²) in [4.78, 5) is 57.2. The maximum atomic E-state index is 13.2. The maximum Gasteiger partial charge on any atom is 0.326 e. The molecule has 3 amide bonds. The van der Waals surface area contributed by atoms with Gasteiger partial charge in [0.2, 0.25) is 17.7 Å². The summed E-state index contributed by atoms with van der Waals surface area (Å²) in [5.74, 6) is -2.96. The predicted octanol–water partition coefficient (Wildman–Crippen LogP) is -1.10. The molecule has 0 radical (unpaired) electrons. The van der Waals surface area contributed by atoms with E-state index in [1.165, 1.54) is 43.3 Å². The number of thioether (sulfide) groups is 1. The van der Waals surface area contributed by atoms with E-state index < -0.39 is 54.0 Å². The average molecular weight is 551 g/mol. The van der Waals surface area contributed by atoms with Crippen molar-refractivity contribution < 1.29 is 34.5 Å². The first kappa shape index (κ1) is 30.6. The number of amides is 3. The molecule has 5 unspecified atom stereocenters. The minimum Gasteiger partial charge on any atom is -0.508 e. The van der Waals surface area contributed by atoms with Gasteiger partial charge in [0.05, 0.1) is 18.5 Å². The number of hydrogen-bond acceptors (Lipinski definition) is 9. The van der Waals surface area contributed by atoms with E-state index in [0.717, 1.165) is 0 Å². The van der Waals surface area contributed by atoms with Crippen LogP contribution in [-0.4, -0.2) is 91.3 Å². The summed E-state index contributed by atoms with van der Waals surface area (Å²) in [6.07, 6.45) is 3.55. The summed E-state index contributed by atoms with van der Waals surface area (Å²) >= 11 is 1.50. The van der Waals surface area contributed by atoms with Gasteiger partial charge in [-0.3, -0.25) is 14.4 Å². The Morgan fingerprint density at radius 2 is 1.68 bits per heavy atom. The molecule has 2 rings (SSSR count). The van der Waals surface area contributed by atoms with Gasteiger partial charge in [-0.1, -0.05) is 12.1 Å². The number of hydrogen-bond donors (Lipinski definition) is 8. The molecule has 5 atom stereocenters. The van der Waals surface area contributed by atoms with E-state index in [1.54, 1.807) is 12.1 Å². The van der Waals surface area contributed by atoms with E-state index in [2.05, 4.69) is 25.9 Å². The molecule has 38 heavy (non-hydrogen) atoms. The summed E-state index contributed by atoms with van der Waals surface area (Å²) in [5, 5.41) is 36.7. The lowest BCUT2D eigenvalue weighted by Gasteiger charge is -2.26. The molecule has 0 aliphatic rings. The molecule has 0 aliphatic carbocycles. The van der Waals surface area contributed by atoms with Crippen LogP contribution in [0.3, 0.4) is 0 Å². The summed E-state index contributed by atoms with van der Waals surface area (Å²) in [5.41, 5.74) is 6.90. The number of phenols is 1. The summed E-state index contributed by atoms with van der Waals surface area (Å²) in [6.45, 7) is 1.30. The number of aliphatic carboxylic acids is 1. The summed E-state index contributed by atoms with van der Waals surface area (Å²) in [6, 6.07) is 0.963. The first-order valence-corrected chi connectivity index (χ1v) is 13.2. The first-order chi connectivity index (χ1) is 18.0. The van der Waals surface area contributed by atoms with Gasteiger partial charge in [-0.2, -0.15) is 11.8 Å². The smallest absolute Gasteiger partial charge is 0.326 e. The van der Waals surface area contributed by atoms with Crippen molar-refractivity contribution in [3.63, 3.8) is 0 Å². The van der Waals surface area contributed by atoms with E-state index in [1.807, 2.05) is 6.26 Å². The van der Waals surface area contributed by atoms with Gasteiger partial charge in [0, 0.05) is 24.7 Å². The van der Waals surface area contributed by atoms with Crippen LogP contribution in [0.2, 0.25) is 0 Å².